The summed E-state index contributed by atoms with van der Waals surface area (Å²) >= 11 is 7.25. The molecule has 132 valence electrons. The van der Waals surface area contributed by atoms with Gasteiger partial charge >= 0.3 is 5.69 Å². The average Bonchev–Trinajstić information content (AvgIpc) is 2.91. The molecule has 1 unspecified atom stereocenters. The van der Waals surface area contributed by atoms with Crippen LogP contribution in [0.5, 0.6) is 0 Å². The van der Waals surface area contributed by atoms with Crippen molar-refractivity contribution in [3.8, 4) is 0 Å². The molecule has 4 rings (SSSR count). The van der Waals surface area contributed by atoms with Crippen LogP contribution in [0.2, 0.25) is 0 Å². The van der Waals surface area contributed by atoms with Crippen molar-refractivity contribution in [2.45, 2.75) is 19.5 Å². The second kappa shape index (κ2) is 7.41. The minimum Gasteiger partial charge on any atom is -0.291 e. The molecular weight excluding hydrogens is 456 g/mol. The van der Waals surface area contributed by atoms with E-state index >= 15 is 0 Å². The Labute approximate surface area is 168 Å². The average molecular weight is 474 g/mol. The summed E-state index contributed by atoms with van der Waals surface area (Å²) < 4.78 is 5.94. The van der Waals surface area contributed by atoms with Gasteiger partial charge in [-0.15, -0.1) is 0 Å². The Morgan fingerprint density at radius 3 is 2.38 bits per heavy atom. The Hall–Kier alpha value is -1.85. The van der Waals surface area contributed by atoms with E-state index < -0.39 is 0 Å². The molecule has 0 spiro atoms. The molecule has 0 amide bonds. The number of fused-ring (bicyclic) bond motifs is 1. The molecule has 1 aromatic heterocycles. The fraction of sp³-hybridized carbons (Fsp3) is 0.190. The van der Waals surface area contributed by atoms with Gasteiger partial charge in [-0.25, -0.2) is 4.79 Å². The molecule has 3 aromatic rings. The van der Waals surface area contributed by atoms with Crippen molar-refractivity contribution in [3.63, 3.8) is 0 Å². The smallest absolute Gasteiger partial charge is 0.291 e. The van der Waals surface area contributed by atoms with Crippen LogP contribution in [0.1, 0.15) is 12.0 Å². The molecule has 1 aliphatic rings. The minimum atomic E-state index is 0.0387. The molecule has 1 atom stereocenters. The van der Waals surface area contributed by atoms with Crippen molar-refractivity contribution >= 4 is 42.9 Å². The van der Waals surface area contributed by atoms with Crippen LogP contribution >= 0.6 is 31.9 Å². The van der Waals surface area contributed by atoms with Crippen LogP contribution in [0.25, 0.3) is 11.0 Å². The first kappa shape index (κ1) is 17.6. The number of hydrogen-bond donors (Lipinski definition) is 0. The maximum absolute atomic E-state index is 13.2. The first-order chi connectivity index (χ1) is 12.6. The fourth-order valence-corrected chi connectivity index (χ4v) is 4.33. The summed E-state index contributed by atoms with van der Waals surface area (Å²) in [7, 11) is 0. The fourth-order valence-electron chi connectivity index (χ4n) is 3.43. The number of rotatable bonds is 4. The van der Waals surface area contributed by atoms with Crippen molar-refractivity contribution in [2.75, 3.05) is 0 Å². The lowest BCUT2D eigenvalue weighted by Gasteiger charge is -2.17. The first-order valence-electron chi connectivity index (χ1n) is 8.59. The zero-order valence-corrected chi connectivity index (χ0v) is 17.3. The molecule has 0 radical (unpaired) electrons. The summed E-state index contributed by atoms with van der Waals surface area (Å²) in [6, 6.07) is 16.1. The van der Waals surface area contributed by atoms with Gasteiger partial charge in [0.2, 0.25) is 0 Å². The van der Waals surface area contributed by atoms with Crippen molar-refractivity contribution < 1.29 is 0 Å². The van der Waals surface area contributed by atoms with Gasteiger partial charge < -0.3 is 0 Å². The van der Waals surface area contributed by atoms with Gasteiger partial charge in [0.15, 0.2) is 0 Å². The summed E-state index contributed by atoms with van der Waals surface area (Å²) in [5.74, 6) is 0.292. The highest BCUT2D eigenvalue weighted by atomic mass is 79.9. The van der Waals surface area contributed by atoms with Crippen molar-refractivity contribution in [3.05, 3.63) is 91.8 Å². The summed E-state index contributed by atoms with van der Waals surface area (Å²) in [5, 5.41) is 0. The zero-order valence-electron chi connectivity index (χ0n) is 14.1. The lowest BCUT2D eigenvalue weighted by Crippen LogP contribution is -2.27. The number of hydrogen-bond acceptors (Lipinski definition) is 1. The number of aromatic nitrogens is 2. The molecule has 0 N–H and O–H groups in total. The molecular formula is C21H18Br2N2O. The van der Waals surface area contributed by atoms with E-state index in [1.165, 1.54) is 0 Å². The van der Waals surface area contributed by atoms with Crippen LogP contribution < -0.4 is 5.69 Å². The van der Waals surface area contributed by atoms with Gasteiger partial charge in [0.1, 0.15) is 0 Å². The van der Waals surface area contributed by atoms with Gasteiger partial charge in [0.25, 0.3) is 0 Å². The van der Waals surface area contributed by atoms with E-state index in [0.717, 1.165) is 32.0 Å². The molecule has 0 bridgehead atoms. The van der Waals surface area contributed by atoms with Crippen LogP contribution in [0.4, 0.5) is 0 Å². The third-order valence-electron chi connectivity index (χ3n) is 4.82. The quantitative estimate of drug-likeness (QED) is 0.493. The Morgan fingerprint density at radius 1 is 0.962 bits per heavy atom. The maximum atomic E-state index is 13.2. The molecule has 3 nitrogen and oxygen atoms in total. The summed E-state index contributed by atoms with van der Waals surface area (Å²) in [6.07, 6.45) is 7.22. The molecule has 26 heavy (non-hydrogen) atoms. The molecule has 5 heteroatoms. The van der Waals surface area contributed by atoms with E-state index in [1.54, 1.807) is 0 Å². The zero-order chi connectivity index (χ0) is 18.1. The standard InChI is InChI=1S/C21H18Br2N2O/c22-17-9-3-1-7-15(17)13-24-19-11-5-6-12-20(19)25(21(24)26)14-16-8-2-4-10-18(16)23/h1-7,9-12,16H,8,13-14H2. The molecule has 0 saturated heterocycles. The highest BCUT2D eigenvalue weighted by Gasteiger charge is 2.19. The van der Waals surface area contributed by atoms with E-state index in [2.05, 4.69) is 50.1 Å². The lowest BCUT2D eigenvalue weighted by molar-refractivity contribution is 0.516. The van der Waals surface area contributed by atoms with E-state index in [9.17, 15) is 4.79 Å². The Morgan fingerprint density at radius 2 is 1.65 bits per heavy atom. The predicted molar refractivity (Wildman–Crippen MR) is 114 cm³/mol. The summed E-state index contributed by atoms with van der Waals surface area (Å²) in [6.45, 7) is 1.22. The molecule has 0 saturated carbocycles. The van der Waals surface area contributed by atoms with Crippen molar-refractivity contribution in [1.82, 2.24) is 9.13 Å². The van der Waals surface area contributed by atoms with E-state index in [0.29, 0.717) is 19.0 Å². The predicted octanol–water partition coefficient (Wildman–Crippen LogP) is 5.47. The van der Waals surface area contributed by atoms with Crippen LogP contribution in [0, 0.1) is 5.92 Å². The highest BCUT2D eigenvalue weighted by Crippen LogP contribution is 2.28. The third kappa shape index (κ3) is 3.26. The second-order valence-corrected chi connectivity index (χ2v) is 8.24. The van der Waals surface area contributed by atoms with Gasteiger partial charge in [-0.1, -0.05) is 80.4 Å². The Kier molecular flexibility index (Phi) is 5.00. The van der Waals surface area contributed by atoms with E-state index in [4.69, 9.17) is 0 Å². The van der Waals surface area contributed by atoms with Gasteiger partial charge in [-0.05, 0) is 30.2 Å². The Bertz CT molecular complexity index is 1080. The highest BCUT2D eigenvalue weighted by molar-refractivity contribution is 9.11. The normalized spacial score (nSPS) is 16.8. The molecule has 1 heterocycles. The molecule has 0 aliphatic heterocycles. The van der Waals surface area contributed by atoms with Crippen molar-refractivity contribution in [1.29, 1.82) is 0 Å². The monoisotopic (exact) mass is 472 g/mol. The first-order valence-corrected chi connectivity index (χ1v) is 10.2. The van der Waals surface area contributed by atoms with Crippen LogP contribution in [0.15, 0.2) is 80.5 Å². The third-order valence-corrected chi connectivity index (χ3v) is 6.50. The second-order valence-electron chi connectivity index (χ2n) is 6.47. The minimum absolute atomic E-state index is 0.0387. The largest absolute Gasteiger partial charge is 0.329 e. The number of imidazole rings is 1. The number of benzene rings is 2. The van der Waals surface area contributed by atoms with Crippen LogP contribution in [-0.2, 0) is 13.1 Å². The molecule has 0 fully saturated rings. The van der Waals surface area contributed by atoms with Crippen molar-refractivity contribution in [2.24, 2.45) is 5.92 Å². The van der Waals surface area contributed by atoms with E-state index in [1.807, 2.05) is 57.7 Å². The molecule has 1 aliphatic carbocycles. The maximum Gasteiger partial charge on any atom is 0.329 e. The van der Waals surface area contributed by atoms with Crippen LogP contribution in [-0.4, -0.2) is 9.13 Å². The number of allylic oxidation sites excluding steroid dienone is 4. The summed E-state index contributed by atoms with van der Waals surface area (Å²) in [4.78, 5) is 13.2. The van der Waals surface area contributed by atoms with Gasteiger partial charge in [0.05, 0.1) is 17.6 Å². The SMILES string of the molecule is O=c1n(Cc2ccccc2Br)c2ccccc2n1CC1CC=CC=C1Br. The molecule has 2 aromatic carbocycles. The van der Waals surface area contributed by atoms with Crippen LogP contribution in [0.3, 0.4) is 0 Å². The Balaban J connectivity index is 1.79. The number of nitrogens with zero attached hydrogens (tertiary/aromatic N) is 2. The van der Waals surface area contributed by atoms with Gasteiger partial charge in [0, 0.05) is 21.4 Å². The van der Waals surface area contributed by atoms with E-state index in [-0.39, 0.29) is 5.69 Å². The lowest BCUT2D eigenvalue weighted by atomic mass is 10.0. The number of para-hydroxylation sites is 2. The van der Waals surface area contributed by atoms with Gasteiger partial charge in [-0.2, -0.15) is 0 Å². The van der Waals surface area contributed by atoms with Gasteiger partial charge in [-0.3, -0.25) is 9.13 Å². The number of halogens is 2. The topological polar surface area (TPSA) is 26.9 Å². The summed E-state index contributed by atoms with van der Waals surface area (Å²) in [5.41, 5.74) is 3.09.